The van der Waals surface area contributed by atoms with Gasteiger partial charge >= 0.3 is 5.97 Å². The van der Waals surface area contributed by atoms with E-state index < -0.39 is 74.4 Å². The van der Waals surface area contributed by atoms with Crippen LogP contribution in [0.4, 0.5) is 22.7 Å². The standard InChI is InChI=1S/C29H24N4O10/c1-4-43-28(38)21-13(2)18-19-22(26(36)30(24(19)34)14-5-9-16(10-6-14)32(39)40)29(21,3)23-20(18)25(35)31(27(23)37)15-7-11-17(12-8-15)33(41)42/h5-12,18-20,22-23H,4H2,1-3H3/t18?,19-,20-,22+,23+,29?/m0/s1. The minimum atomic E-state index is -1.63. The Morgan fingerprint density at radius 1 is 0.767 bits per heavy atom. The highest BCUT2D eigenvalue weighted by atomic mass is 16.6. The number of hydrogen-bond donors (Lipinski definition) is 0. The van der Waals surface area contributed by atoms with E-state index in [1.165, 1.54) is 31.2 Å². The molecule has 3 aliphatic carbocycles. The second-order valence-electron chi connectivity index (χ2n) is 11.2. The number of hydrogen-bond acceptors (Lipinski definition) is 10. The predicted octanol–water partition coefficient (Wildman–Crippen LogP) is 2.94. The van der Waals surface area contributed by atoms with E-state index >= 15 is 0 Å². The normalized spacial score (nSPS) is 29.2. The number of non-ortho nitro benzene ring substituents is 2. The van der Waals surface area contributed by atoms with Gasteiger partial charge in [0.1, 0.15) is 0 Å². The monoisotopic (exact) mass is 588 g/mol. The van der Waals surface area contributed by atoms with Crippen molar-refractivity contribution in [1.29, 1.82) is 0 Å². The van der Waals surface area contributed by atoms with Gasteiger partial charge in [0.15, 0.2) is 0 Å². The zero-order valence-electron chi connectivity index (χ0n) is 23.1. The van der Waals surface area contributed by atoms with Crippen molar-refractivity contribution in [2.24, 2.45) is 35.0 Å². The fourth-order valence-electron chi connectivity index (χ4n) is 7.76. The fraction of sp³-hybridized carbons (Fsp3) is 0.345. The highest BCUT2D eigenvalue weighted by Gasteiger charge is 2.77. The molecule has 5 aliphatic rings. The molecule has 14 nitrogen and oxygen atoms in total. The van der Waals surface area contributed by atoms with Crippen molar-refractivity contribution < 1.29 is 38.6 Å². The maximum Gasteiger partial charge on any atom is 0.334 e. The molecule has 0 unspecified atom stereocenters. The van der Waals surface area contributed by atoms with E-state index in [1.54, 1.807) is 13.8 Å². The lowest BCUT2D eigenvalue weighted by molar-refractivity contribution is -0.385. The smallest absolute Gasteiger partial charge is 0.334 e. The summed E-state index contributed by atoms with van der Waals surface area (Å²) in [5, 5.41) is 22.3. The molecule has 2 bridgehead atoms. The van der Waals surface area contributed by atoms with E-state index in [9.17, 15) is 44.2 Å². The van der Waals surface area contributed by atoms with Gasteiger partial charge < -0.3 is 4.74 Å². The Kier molecular flexibility index (Phi) is 6.08. The van der Waals surface area contributed by atoms with Crippen LogP contribution in [0.2, 0.25) is 0 Å². The Hall–Kier alpha value is -5.27. The van der Waals surface area contributed by atoms with Gasteiger partial charge in [-0.15, -0.1) is 0 Å². The molecule has 4 amide bonds. The number of carbonyl (C=O) groups is 5. The van der Waals surface area contributed by atoms with E-state index in [1.807, 2.05) is 0 Å². The molecular formula is C29H24N4O10. The highest BCUT2D eigenvalue weighted by molar-refractivity contribution is 6.27. The molecule has 2 heterocycles. The largest absolute Gasteiger partial charge is 0.463 e. The molecule has 2 aliphatic heterocycles. The molecule has 4 atom stereocenters. The van der Waals surface area contributed by atoms with E-state index in [-0.39, 0.29) is 34.9 Å². The number of imide groups is 2. The molecule has 0 spiro atoms. The number of nitrogens with zero attached hydrogens (tertiary/aromatic N) is 4. The summed E-state index contributed by atoms with van der Waals surface area (Å²) in [6.07, 6.45) is 0. The predicted molar refractivity (Wildman–Crippen MR) is 146 cm³/mol. The average molecular weight is 589 g/mol. The Labute approximate surface area is 243 Å². The second-order valence-corrected chi connectivity index (χ2v) is 11.2. The van der Waals surface area contributed by atoms with Crippen LogP contribution in [0.1, 0.15) is 20.8 Å². The Bertz CT molecular complexity index is 1590. The summed E-state index contributed by atoms with van der Waals surface area (Å²) < 4.78 is 5.34. The zero-order chi connectivity index (χ0) is 31.1. The summed E-state index contributed by atoms with van der Waals surface area (Å²) in [7, 11) is 0. The second kappa shape index (κ2) is 9.37. The number of nitro benzene ring substituents is 2. The molecule has 1 saturated carbocycles. The molecule has 2 aromatic rings. The minimum Gasteiger partial charge on any atom is -0.463 e. The lowest BCUT2D eigenvalue weighted by atomic mass is 9.43. The first-order chi connectivity index (χ1) is 20.4. The summed E-state index contributed by atoms with van der Waals surface area (Å²) in [4.78, 5) is 92.7. The number of esters is 1. The van der Waals surface area contributed by atoms with Gasteiger partial charge in [-0.1, -0.05) is 12.5 Å². The summed E-state index contributed by atoms with van der Waals surface area (Å²) in [5.41, 5.74) is -1.50. The third-order valence-corrected chi connectivity index (χ3v) is 9.32. The molecule has 3 fully saturated rings. The molecule has 43 heavy (non-hydrogen) atoms. The molecule has 14 heteroatoms. The summed E-state index contributed by atoms with van der Waals surface area (Å²) >= 11 is 0. The third-order valence-electron chi connectivity index (χ3n) is 9.32. The summed E-state index contributed by atoms with van der Waals surface area (Å²) in [5.74, 6) is -9.05. The van der Waals surface area contributed by atoms with Crippen molar-refractivity contribution in [3.8, 4) is 0 Å². The number of ether oxygens (including phenoxy) is 1. The van der Waals surface area contributed by atoms with Gasteiger partial charge in [0.2, 0.25) is 23.6 Å². The highest BCUT2D eigenvalue weighted by Crippen LogP contribution is 2.68. The molecule has 0 aromatic heterocycles. The first-order valence-corrected chi connectivity index (χ1v) is 13.5. The van der Waals surface area contributed by atoms with Crippen LogP contribution in [0, 0.1) is 55.2 Å². The SMILES string of the molecule is CCOC(=O)C1=C(C)C2[C@@H]3C(=O)N(c4ccc([N+](=O)[O-])cc4)C(=O)[C@@H]3C1(C)[C@H]1C(=O)N(c3ccc([N+](=O)[O-])cc3)C(=O)[C@@H]21. The van der Waals surface area contributed by atoms with Gasteiger partial charge in [0, 0.05) is 41.2 Å². The number of nitro groups is 2. The van der Waals surface area contributed by atoms with Crippen LogP contribution < -0.4 is 9.80 Å². The van der Waals surface area contributed by atoms with Gasteiger partial charge in [-0.2, -0.15) is 0 Å². The fourth-order valence-corrected chi connectivity index (χ4v) is 7.76. The van der Waals surface area contributed by atoms with Crippen LogP contribution in [-0.4, -0.2) is 46.1 Å². The van der Waals surface area contributed by atoms with Crippen molar-refractivity contribution >= 4 is 52.3 Å². The lowest BCUT2D eigenvalue weighted by Crippen LogP contribution is -2.61. The average Bonchev–Trinajstić information content (AvgIpc) is 3.39. The van der Waals surface area contributed by atoms with E-state index in [4.69, 9.17) is 4.74 Å². The van der Waals surface area contributed by atoms with Gasteiger partial charge in [0.05, 0.1) is 51.5 Å². The molecular weight excluding hydrogens is 564 g/mol. The van der Waals surface area contributed by atoms with Crippen molar-refractivity contribution in [3.63, 3.8) is 0 Å². The van der Waals surface area contributed by atoms with E-state index in [2.05, 4.69) is 0 Å². The quantitative estimate of drug-likeness (QED) is 0.210. The molecule has 220 valence electrons. The van der Waals surface area contributed by atoms with Crippen LogP contribution in [0.5, 0.6) is 0 Å². The van der Waals surface area contributed by atoms with Crippen molar-refractivity contribution in [2.75, 3.05) is 16.4 Å². The van der Waals surface area contributed by atoms with Crippen LogP contribution in [0.3, 0.4) is 0 Å². The van der Waals surface area contributed by atoms with Crippen molar-refractivity contribution in [1.82, 2.24) is 0 Å². The Morgan fingerprint density at radius 3 is 1.51 bits per heavy atom. The first kappa shape index (κ1) is 27.9. The number of benzene rings is 2. The molecule has 2 aromatic carbocycles. The molecule has 2 saturated heterocycles. The topological polar surface area (TPSA) is 187 Å². The van der Waals surface area contributed by atoms with Crippen LogP contribution in [0.25, 0.3) is 0 Å². The minimum absolute atomic E-state index is 0.00213. The van der Waals surface area contributed by atoms with Gasteiger partial charge in [-0.05, 0) is 38.1 Å². The number of rotatable bonds is 6. The lowest BCUT2D eigenvalue weighted by Gasteiger charge is -2.55. The Balaban J connectivity index is 1.49. The molecule has 0 N–H and O–H groups in total. The van der Waals surface area contributed by atoms with Gasteiger partial charge in [-0.3, -0.25) is 39.4 Å². The van der Waals surface area contributed by atoms with Gasteiger partial charge in [-0.25, -0.2) is 14.6 Å². The van der Waals surface area contributed by atoms with E-state index in [0.717, 1.165) is 34.1 Å². The number of amides is 4. The van der Waals surface area contributed by atoms with Crippen molar-refractivity contribution in [3.05, 3.63) is 79.9 Å². The van der Waals surface area contributed by atoms with Crippen molar-refractivity contribution in [2.45, 2.75) is 20.8 Å². The van der Waals surface area contributed by atoms with Crippen LogP contribution in [-0.2, 0) is 28.7 Å². The number of allylic oxidation sites excluding steroid dienone is 1. The molecule has 0 radical (unpaired) electrons. The Morgan fingerprint density at radius 2 is 1.16 bits per heavy atom. The number of carbonyl (C=O) groups excluding carboxylic acids is 5. The van der Waals surface area contributed by atoms with Crippen LogP contribution in [0.15, 0.2) is 59.7 Å². The molecule has 7 rings (SSSR count). The summed E-state index contributed by atoms with van der Waals surface area (Å²) in [6.45, 7) is 4.73. The summed E-state index contributed by atoms with van der Waals surface area (Å²) in [6, 6.07) is 9.73. The third kappa shape index (κ3) is 3.55. The van der Waals surface area contributed by atoms with Crippen LogP contribution >= 0.6 is 0 Å². The maximum atomic E-state index is 14.1. The first-order valence-electron chi connectivity index (χ1n) is 13.5. The zero-order valence-corrected chi connectivity index (χ0v) is 23.1. The maximum absolute atomic E-state index is 14.1. The number of anilines is 2. The van der Waals surface area contributed by atoms with E-state index in [0.29, 0.717) is 5.57 Å². The van der Waals surface area contributed by atoms with Gasteiger partial charge in [0.25, 0.3) is 11.4 Å².